The van der Waals surface area contributed by atoms with E-state index in [2.05, 4.69) is 4.98 Å². The van der Waals surface area contributed by atoms with Crippen LogP contribution in [0.3, 0.4) is 0 Å². The Morgan fingerprint density at radius 3 is 2.30 bits per heavy atom. The minimum Gasteiger partial charge on any atom is -0.361 e. The van der Waals surface area contributed by atoms with Gasteiger partial charge in [0.15, 0.2) is 0 Å². The lowest BCUT2D eigenvalue weighted by molar-refractivity contribution is -0.216. The number of carbonyl (C=O) groups is 2. The number of amides is 2. The zero-order valence-electron chi connectivity index (χ0n) is 14.8. The third kappa shape index (κ3) is 3.19. The van der Waals surface area contributed by atoms with E-state index in [0.717, 1.165) is 0 Å². The fourth-order valence-corrected chi connectivity index (χ4v) is 5.95. The first-order chi connectivity index (χ1) is 14.1. The van der Waals surface area contributed by atoms with Gasteiger partial charge in [-0.3, -0.25) is 9.59 Å². The molecule has 1 aliphatic rings. The summed E-state index contributed by atoms with van der Waals surface area (Å²) in [7, 11) is -4.45. The summed E-state index contributed by atoms with van der Waals surface area (Å²) in [6, 6.07) is 13.1. The van der Waals surface area contributed by atoms with E-state index in [1.807, 2.05) is 0 Å². The Labute approximate surface area is 172 Å². The highest BCUT2D eigenvalue weighted by Gasteiger charge is 2.53. The molecule has 4 rings (SSSR count). The Balaban J connectivity index is 2.06. The van der Waals surface area contributed by atoms with Crippen LogP contribution >= 0.6 is 11.8 Å². The first kappa shape index (κ1) is 20.2. The van der Waals surface area contributed by atoms with Gasteiger partial charge < -0.3 is 4.98 Å². The molecule has 2 aromatic carbocycles. The second-order valence-corrected chi connectivity index (χ2v) is 9.04. The van der Waals surface area contributed by atoms with Gasteiger partial charge in [0, 0.05) is 22.7 Å². The van der Waals surface area contributed by atoms with Gasteiger partial charge in [-0.05, 0) is 36.0 Å². The van der Waals surface area contributed by atoms with E-state index in [4.69, 9.17) is 0 Å². The number of sulfone groups is 1. The van der Waals surface area contributed by atoms with Crippen LogP contribution in [0.15, 0.2) is 70.6 Å². The summed E-state index contributed by atoms with van der Waals surface area (Å²) in [6.45, 7) is 0. The van der Waals surface area contributed by atoms with E-state index in [9.17, 15) is 31.2 Å². The average molecular weight is 452 g/mol. The molecule has 0 atom stereocenters. The fourth-order valence-electron chi connectivity index (χ4n) is 3.11. The van der Waals surface area contributed by atoms with Gasteiger partial charge in [-0.15, -0.1) is 13.2 Å². The van der Waals surface area contributed by atoms with Gasteiger partial charge in [-0.2, -0.15) is 4.90 Å². The SMILES string of the molecule is O=C1SC(=C(c2cccc3[nH]ccc23)S(=O)(=O)c2ccccc2)C(=O)N1C(F)(F)F. The number of H-pyrrole nitrogens is 1. The van der Waals surface area contributed by atoms with Gasteiger partial charge in [0.2, 0.25) is 9.84 Å². The van der Waals surface area contributed by atoms with E-state index < -0.39 is 42.0 Å². The summed E-state index contributed by atoms with van der Waals surface area (Å²) >= 11 is -0.0480. The molecule has 0 bridgehead atoms. The maximum Gasteiger partial charge on any atom is 0.494 e. The van der Waals surface area contributed by atoms with Crippen molar-refractivity contribution in [3.63, 3.8) is 0 Å². The molecule has 0 aliphatic carbocycles. The summed E-state index contributed by atoms with van der Waals surface area (Å²) in [6.07, 6.45) is -3.74. The van der Waals surface area contributed by atoms with Crippen LogP contribution in [-0.2, 0) is 14.6 Å². The molecule has 1 aromatic heterocycles. The van der Waals surface area contributed by atoms with Crippen LogP contribution in [0.5, 0.6) is 0 Å². The highest BCUT2D eigenvalue weighted by Crippen LogP contribution is 2.45. The van der Waals surface area contributed by atoms with E-state index in [0.29, 0.717) is 10.9 Å². The third-order valence-corrected chi connectivity index (χ3v) is 7.31. The minimum absolute atomic E-state index is 0.0188. The number of hydrogen-bond donors (Lipinski definition) is 1. The van der Waals surface area contributed by atoms with Crippen LogP contribution in [0.1, 0.15) is 5.56 Å². The number of aromatic nitrogens is 1. The molecule has 0 unspecified atom stereocenters. The van der Waals surface area contributed by atoms with Gasteiger partial charge >= 0.3 is 11.5 Å². The Morgan fingerprint density at radius 1 is 0.967 bits per heavy atom. The Kier molecular flexibility index (Phi) is 4.74. The molecule has 0 saturated carbocycles. The Bertz CT molecular complexity index is 1310. The number of nitrogens with zero attached hydrogens (tertiary/aromatic N) is 1. The molecule has 6 nitrogen and oxygen atoms in total. The van der Waals surface area contributed by atoms with E-state index in [1.165, 1.54) is 42.6 Å². The standard InChI is InChI=1S/C19H11F3N2O4S2/c20-19(21,22)24-17(25)15(29-18(24)26)16(30(27,28)11-5-2-1-3-6-11)13-7-4-8-14-12(13)9-10-23-14/h1-10,23H. The summed E-state index contributed by atoms with van der Waals surface area (Å²) in [5, 5.41) is -1.23. The van der Waals surface area contributed by atoms with Crippen molar-refractivity contribution in [2.45, 2.75) is 11.2 Å². The van der Waals surface area contributed by atoms with Crippen LogP contribution in [0.25, 0.3) is 15.8 Å². The fraction of sp³-hybridized carbons (Fsp3) is 0.0526. The second-order valence-electron chi connectivity index (χ2n) is 6.20. The predicted octanol–water partition coefficient (Wildman–Crippen LogP) is 4.53. The molecule has 30 heavy (non-hydrogen) atoms. The van der Waals surface area contributed by atoms with Crippen molar-refractivity contribution in [2.75, 3.05) is 0 Å². The van der Waals surface area contributed by atoms with Crippen molar-refractivity contribution in [3.05, 3.63) is 71.3 Å². The number of halogens is 3. The lowest BCUT2D eigenvalue weighted by Gasteiger charge is -2.16. The van der Waals surface area contributed by atoms with Crippen LogP contribution < -0.4 is 0 Å². The van der Waals surface area contributed by atoms with E-state index in [-0.39, 0.29) is 22.2 Å². The summed E-state index contributed by atoms with van der Waals surface area (Å²) < 4.78 is 66.6. The molecular weight excluding hydrogens is 441 g/mol. The molecule has 0 spiro atoms. The first-order valence-corrected chi connectivity index (χ1v) is 10.7. The molecule has 1 fully saturated rings. The van der Waals surface area contributed by atoms with Crippen molar-refractivity contribution in [2.24, 2.45) is 0 Å². The molecule has 2 heterocycles. The number of fused-ring (bicyclic) bond motifs is 1. The summed E-state index contributed by atoms with van der Waals surface area (Å²) in [5.74, 6) is -1.72. The van der Waals surface area contributed by atoms with E-state index >= 15 is 0 Å². The van der Waals surface area contributed by atoms with Gasteiger partial charge in [-0.1, -0.05) is 30.3 Å². The van der Waals surface area contributed by atoms with E-state index in [1.54, 1.807) is 18.2 Å². The lowest BCUT2D eigenvalue weighted by Crippen LogP contribution is -2.41. The quantitative estimate of drug-likeness (QED) is 0.466. The van der Waals surface area contributed by atoms with Gasteiger partial charge in [0.1, 0.15) is 4.91 Å². The minimum atomic E-state index is -5.27. The van der Waals surface area contributed by atoms with Gasteiger partial charge in [0.25, 0.3) is 5.91 Å². The van der Waals surface area contributed by atoms with Crippen molar-refractivity contribution >= 4 is 48.6 Å². The van der Waals surface area contributed by atoms with Crippen molar-refractivity contribution < 1.29 is 31.2 Å². The Hall–Kier alpha value is -3.05. The van der Waals surface area contributed by atoms with Crippen LogP contribution in [0, 0.1) is 0 Å². The molecular formula is C19H11F3N2O4S2. The number of aromatic amines is 1. The van der Waals surface area contributed by atoms with Crippen molar-refractivity contribution in [3.8, 4) is 0 Å². The zero-order chi connectivity index (χ0) is 21.7. The number of carbonyl (C=O) groups excluding carboxylic acids is 2. The van der Waals surface area contributed by atoms with Crippen LogP contribution in [0.2, 0.25) is 0 Å². The maximum absolute atomic E-state index is 13.4. The van der Waals surface area contributed by atoms with Crippen molar-refractivity contribution in [1.29, 1.82) is 0 Å². The topological polar surface area (TPSA) is 87.3 Å². The van der Waals surface area contributed by atoms with Gasteiger partial charge in [0.05, 0.1) is 9.80 Å². The molecule has 11 heteroatoms. The number of alkyl halides is 3. The molecule has 3 aromatic rings. The zero-order valence-corrected chi connectivity index (χ0v) is 16.4. The summed E-state index contributed by atoms with van der Waals surface area (Å²) in [5.41, 5.74) is 0.536. The third-order valence-electron chi connectivity index (χ3n) is 4.39. The molecule has 154 valence electrons. The molecule has 1 saturated heterocycles. The monoisotopic (exact) mass is 452 g/mol. The molecule has 2 amide bonds. The van der Waals surface area contributed by atoms with Crippen molar-refractivity contribution in [1.82, 2.24) is 9.88 Å². The number of nitrogens with one attached hydrogen (secondary N) is 1. The average Bonchev–Trinajstić information content (AvgIpc) is 3.27. The number of imide groups is 1. The van der Waals surface area contributed by atoms with Gasteiger partial charge in [-0.25, -0.2) is 8.42 Å². The maximum atomic E-state index is 13.4. The van der Waals surface area contributed by atoms with Crippen LogP contribution in [0.4, 0.5) is 18.0 Å². The smallest absolute Gasteiger partial charge is 0.361 e. The molecule has 1 N–H and O–H groups in total. The number of benzene rings is 2. The summed E-state index contributed by atoms with van der Waals surface area (Å²) in [4.78, 5) is 24.9. The normalized spacial score (nSPS) is 17.1. The Morgan fingerprint density at radius 2 is 1.67 bits per heavy atom. The molecule has 1 aliphatic heterocycles. The van der Waals surface area contributed by atoms with Crippen LogP contribution in [-0.4, -0.2) is 35.7 Å². The molecule has 0 radical (unpaired) electrons. The number of thioether (sulfide) groups is 1. The number of hydrogen-bond acceptors (Lipinski definition) is 5. The highest BCUT2D eigenvalue weighted by atomic mass is 32.2. The number of rotatable bonds is 3. The first-order valence-electron chi connectivity index (χ1n) is 8.36. The predicted molar refractivity (Wildman–Crippen MR) is 105 cm³/mol. The lowest BCUT2D eigenvalue weighted by atomic mass is 10.1. The second kappa shape index (κ2) is 7.03. The highest BCUT2D eigenvalue weighted by molar-refractivity contribution is 8.19. The largest absolute Gasteiger partial charge is 0.494 e.